The number of hydrogen-bond acceptors (Lipinski definition) is 3. The van der Waals surface area contributed by atoms with Crippen LogP contribution in [0, 0.1) is 0 Å². The highest BCUT2D eigenvalue weighted by atomic mass is 32.1. The number of thiophene rings is 1. The van der Waals surface area contributed by atoms with Gasteiger partial charge in [-0.3, -0.25) is 9.59 Å². The predicted octanol–water partition coefficient (Wildman–Crippen LogP) is 4.15. The highest BCUT2D eigenvalue weighted by molar-refractivity contribution is 7.10. The molecule has 1 aromatic heterocycles. The maximum Gasteiger partial charge on any atom is 0.220 e. The van der Waals surface area contributed by atoms with Gasteiger partial charge in [-0.25, -0.2) is 0 Å². The first-order valence-corrected chi connectivity index (χ1v) is 8.43. The highest BCUT2D eigenvalue weighted by Gasteiger charge is 2.13. The van der Waals surface area contributed by atoms with E-state index in [1.165, 1.54) is 5.56 Å². The topological polar surface area (TPSA) is 46.2 Å². The molecule has 1 heterocycles. The molecule has 1 atom stereocenters. The van der Waals surface area contributed by atoms with Crippen LogP contribution in [-0.4, -0.2) is 11.7 Å². The number of amides is 1. The molecule has 0 radical (unpaired) electrons. The van der Waals surface area contributed by atoms with Gasteiger partial charge in [0.05, 0.1) is 6.04 Å². The van der Waals surface area contributed by atoms with E-state index < -0.39 is 0 Å². The van der Waals surface area contributed by atoms with Gasteiger partial charge in [-0.2, -0.15) is 0 Å². The normalized spacial score (nSPS) is 11.9. The van der Waals surface area contributed by atoms with E-state index >= 15 is 0 Å². The number of rotatable bonds is 7. The van der Waals surface area contributed by atoms with Crippen LogP contribution in [0.3, 0.4) is 0 Å². The fourth-order valence-electron chi connectivity index (χ4n) is 2.22. The third-order valence-corrected chi connectivity index (χ3v) is 4.67. The molecule has 1 amide bonds. The van der Waals surface area contributed by atoms with Gasteiger partial charge in [-0.1, -0.05) is 37.3 Å². The van der Waals surface area contributed by atoms with Crippen molar-refractivity contribution in [3.05, 3.63) is 57.8 Å². The molecule has 0 saturated heterocycles. The van der Waals surface area contributed by atoms with E-state index in [1.807, 2.05) is 48.7 Å². The largest absolute Gasteiger partial charge is 0.349 e. The first kappa shape index (κ1) is 16.4. The van der Waals surface area contributed by atoms with E-state index in [1.54, 1.807) is 11.3 Å². The summed E-state index contributed by atoms with van der Waals surface area (Å²) < 4.78 is 0. The van der Waals surface area contributed by atoms with Crippen LogP contribution in [0.1, 0.15) is 53.5 Å². The summed E-state index contributed by atoms with van der Waals surface area (Å²) in [6.07, 6.45) is 1.43. The summed E-state index contributed by atoms with van der Waals surface area (Å²) in [4.78, 5) is 25.1. The summed E-state index contributed by atoms with van der Waals surface area (Å²) in [7, 11) is 0. The Hall–Kier alpha value is -1.94. The molecule has 22 heavy (non-hydrogen) atoms. The third-order valence-electron chi connectivity index (χ3n) is 3.61. The second-order valence-corrected chi connectivity index (χ2v) is 6.26. The van der Waals surface area contributed by atoms with Crippen molar-refractivity contribution in [1.82, 2.24) is 5.32 Å². The molecular weight excluding hydrogens is 294 g/mol. The van der Waals surface area contributed by atoms with E-state index in [2.05, 4.69) is 12.2 Å². The third kappa shape index (κ3) is 4.53. The van der Waals surface area contributed by atoms with Crippen LogP contribution in [0.25, 0.3) is 0 Å². The molecule has 1 unspecified atom stereocenters. The van der Waals surface area contributed by atoms with E-state index in [4.69, 9.17) is 0 Å². The zero-order chi connectivity index (χ0) is 15.9. The molecule has 116 valence electrons. The van der Waals surface area contributed by atoms with Crippen LogP contribution < -0.4 is 5.32 Å². The zero-order valence-corrected chi connectivity index (χ0v) is 13.8. The van der Waals surface area contributed by atoms with Crippen LogP contribution in [0.15, 0.2) is 41.8 Å². The Kier molecular flexibility index (Phi) is 5.90. The second-order valence-electron chi connectivity index (χ2n) is 5.28. The Labute approximate surface area is 135 Å². The Morgan fingerprint density at radius 1 is 1.14 bits per heavy atom. The summed E-state index contributed by atoms with van der Waals surface area (Å²) >= 11 is 1.62. The number of nitrogens with one attached hydrogen (secondary N) is 1. The monoisotopic (exact) mass is 315 g/mol. The Balaban J connectivity index is 1.81. The lowest BCUT2D eigenvalue weighted by Gasteiger charge is -2.11. The lowest BCUT2D eigenvalue weighted by molar-refractivity contribution is -0.121. The molecule has 3 nitrogen and oxygen atoms in total. The lowest BCUT2D eigenvalue weighted by atomic mass is 10.0. The lowest BCUT2D eigenvalue weighted by Crippen LogP contribution is -2.26. The standard InChI is InChI=1S/C18H21NO2S/c1-3-14-6-8-15(9-7-14)16(20)10-11-18(21)19-13(2)17-5-4-12-22-17/h4-9,12-13H,3,10-11H2,1-2H3,(H,19,21). The minimum atomic E-state index is -0.0839. The maximum atomic E-state index is 12.1. The van der Waals surface area contributed by atoms with E-state index in [9.17, 15) is 9.59 Å². The molecule has 0 bridgehead atoms. The Bertz CT molecular complexity index is 617. The second kappa shape index (κ2) is 7.90. The van der Waals surface area contributed by atoms with Crippen molar-refractivity contribution in [2.45, 2.75) is 39.2 Å². The van der Waals surface area contributed by atoms with E-state index in [0.717, 1.165) is 11.3 Å². The first-order valence-electron chi connectivity index (χ1n) is 7.55. The molecule has 1 aromatic carbocycles. The zero-order valence-electron chi connectivity index (χ0n) is 13.0. The van der Waals surface area contributed by atoms with Crippen molar-refractivity contribution in [3.8, 4) is 0 Å². The SMILES string of the molecule is CCc1ccc(C(=O)CCC(=O)NC(C)c2cccs2)cc1. The van der Waals surface area contributed by atoms with Crippen molar-refractivity contribution in [3.63, 3.8) is 0 Å². The molecule has 0 aliphatic carbocycles. The van der Waals surface area contributed by atoms with Crippen molar-refractivity contribution in [1.29, 1.82) is 0 Å². The van der Waals surface area contributed by atoms with Crippen LogP contribution in [0.5, 0.6) is 0 Å². The molecule has 0 fully saturated rings. The number of ketones is 1. The van der Waals surface area contributed by atoms with E-state index in [0.29, 0.717) is 5.56 Å². The molecule has 2 rings (SSSR count). The molecule has 1 N–H and O–H groups in total. The van der Waals surface area contributed by atoms with Gasteiger partial charge in [-0.05, 0) is 30.4 Å². The van der Waals surface area contributed by atoms with Gasteiger partial charge in [0.1, 0.15) is 0 Å². The van der Waals surface area contributed by atoms with Crippen LogP contribution in [0.4, 0.5) is 0 Å². The quantitative estimate of drug-likeness (QED) is 0.780. The molecule has 0 spiro atoms. The Morgan fingerprint density at radius 3 is 2.45 bits per heavy atom. The number of carbonyl (C=O) groups excluding carboxylic acids is 2. The van der Waals surface area contributed by atoms with Crippen LogP contribution in [0.2, 0.25) is 0 Å². The van der Waals surface area contributed by atoms with Crippen molar-refractivity contribution in [2.75, 3.05) is 0 Å². The van der Waals surface area contributed by atoms with Crippen molar-refractivity contribution >= 4 is 23.0 Å². The number of aryl methyl sites for hydroxylation is 1. The van der Waals surface area contributed by atoms with Crippen LogP contribution in [-0.2, 0) is 11.2 Å². The van der Waals surface area contributed by atoms with Gasteiger partial charge < -0.3 is 5.32 Å². The van der Waals surface area contributed by atoms with Gasteiger partial charge in [-0.15, -0.1) is 11.3 Å². The fourth-order valence-corrected chi connectivity index (χ4v) is 2.95. The molecule has 4 heteroatoms. The summed E-state index contributed by atoms with van der Waals surface area (Å²) in [6, 6.07) is 11.6. The summed E-state index contributed by atoms with van der Waals surface area (Å²) in [5.74, 6) is -0.0685. The van der Waals surface area contributed by atoms with E-state index in [-0.39, 0.29) is 30.6 Å². The summed E-state index contributed by atoms with van der Waals surface area (Å²) in [6.45, 7) is 4.03. The van der Waals surface area contributed by atoms with Crippen molar-refractivity contribution < 1.29 is 9.59 Å². The van der Waals surface area contributed by atoms with Gasteiger partial charge in [0, 0.05) is 23.3 Å². The minimum absolute atomic E-state index is 0.00793. The van der Waals surface area contributed by atoms with Gasteiger partial charge >= 0.3 is 0 Å². The summed E-state index contributed by atoms with van der Waals surface area (Å²) in [5.41, 5.74) is 1.88. The number of hydrogen-bond donors (Lipinski definition) is 1. The molecule has 2 aromatic rings. The van der Waals surface area contributed by atoms with Crippen LogP contribution >= 0.6 is 11.3 Å². The smallest absolute Gasteiger partial charge is 0.220 e. The van der Waals surface area contributed by atoms with Gasteiger partial charge in [0.15, 0.2) is 5.78 Å². The number of carbonyl (C=O) groups is 2. The average Bonchev–Trinajstić information content (AvgIpc) is 3.07. The fraction of sp³-hybridized carbons (Fsp3) is 0.333. The first-order chi connectivity index (χ1) is 10.6. The minimum Gasteiger partial charge on any atom is -0.349 e. The molecule has 0 saturated carbocycles. The van der Waals surface area contributed by atoms with Gasteiger partial charge in [0.25, 0.3) is 0 Å². The Morgan fingerprint density at radius 2 is 1.86 bits per heavy atom. The molecule has 0 aliphatic heterocycles. The number of Topliss-reactive ketones (excluding diaryl/α,β-unsaturated/α-hetero) is 1. The maximum absolute atomic E-state index is 12.1. The van der Waals surface area contributed by atoms with Crippen molar-refractivity contribution in [2.24, 2.45) is 0 Å². The molecular formula is C18H21NO2S. The average molecular weight is 315 g/mol. The van der Waals surface area contributed by atoms with Gasteiger partial charge in [0.2, 0.25) is 5.91 Å². The summed E-state index contributed by atoms with van der Waals surface area (Å²) in [5, 5.41) is 4.91. The number of benzene rings is 1. The predicted molar refractivity (Wildman–Crippen MR) is 90.3 cm³/mol. The highest BCUT2D eigenvalue weighted by Crippen LogP contribution is 2.18. The molecule has 0 aliphatic rings.